The second-order valence-electron chi connectivity index (χ2n) is 5.08. The van der Waals surface area contributed by atoms with E-state index in [0.717, 1.165) is 42.3 Å². The molecule has 0 amide bonds. The second-order valence-corrected chi connectivity index (χ2v) is 5.73. The quantitative estimate of drug-likeness (QED) is 0.681. The van der Waals surface area contributed by atoms with Gasteiger partial charge in [0.1, 0.15) is 11.3 Å². The zero-order valence-electron chi connectivity index (χ0n) is 12.5. The minimum Gasteiger partial charge on any atom is -0.310 e. The molecule has 0 saturated heterocycles. The van der Waals surface area contributed by atoms with Crippen molar-refractivity contribution in [3.8, 4) is 0 Å². The Balaban J connectivity index is 2.06. The molecular weight excluding hydrogens is 288 g/mol. The van der Waals surface area contributed by atoms with Crippen molar-refractivity contribution in [2.75, 3.05) is 0 Å². The Bertz CT molecular complexity index is 737. The summed E-state index contributed by atoms with van der Waals surface area (Å²) in [6.07, 6.45) is 3.75. The Morgan fingerprint density at radius 1 is 1.33 bits per heavy atom. The minimum absolute atomic E-state index is 0.139. The molecule has 0 radical (unpaired) electrons. The Morgan fingerprint density at radius 2 is 2.14 bits per heavy atom. The third-order valence-electron chi connectivity index (χ3n) is 3.60. The van der Waals surface area contributed by atoms with Crippen LogP contribution in [0.15, 0.2) is 18.5 Å². The highest BCUT2D eigenvalue weighted by Gasteiger charge is 2.20. The highest BCUT2D eigenvalue weighted by molar-refractivity contribution is 6.20. The SMILES string of the molecule is CCn1nc(C)c2nc(C(C)Cl)n(CCn3cccn3)c21. The van der Waals surface area contributed by atoms with Gasteiger partial charge in [-0.2, -0.15) is 10.2 Å². The summed E-state index contributed by atoms with van der Waals surface area (Å²) in [5.41, 5.74) is 2.94. The Kier molecular flexibility index (Phi) is 3.71. The van der Waals surface area contributed by atoms with Gasteiger partial charge in [-0.25, -0.2) is 9.67 Å². The van der Waals surface area contributed by atoms with Gasteiger partial charge in [-0.1, -0.05) is 0 Å². The molecule has 0 spiro atoms. The number of fused-ring (bicyclic) bond motifs is 1. The summed E-state index contributed by atoms with van der Waals surface area (Å²) in [7, 11) is 0. The third kappa shape index (κ3) is 2.44. The molecule has 21 heavy (non-hydrogen) atoms. The topological polar surface area (TPSA) is 53.5 Å². The van der Waals surface area contributed by atoms with Crippen LogP contribution in [-0.4, -0.2) is 29.1 Å². The maximum atomic E-state index is 6.31. The van der Waals surface area contributed by atoms with Gasteiger partial charge in [0.2, 0.25) is 0 Å². The van der Waals surface area contributed by atoms with Crippen molar-refractivity contribution in [2.24, 2.45) is 0 Å². The van der Waals surface area contributed by atoms with Crippen molar-refractivity contribution in [3.63, 3.8) is 0 Å². The molecule has 1 unspecified atom stereocenters. The zero-order chi connectivity index (χ0) is 15.0. The number of nitrogens with zero attached hydrogens (tertiary/aromatic N) is 6. The Labute approximate surface area is 128 Å². The van der Waals surface area contributed by atoms with Crippen LogP contribution in [0.3, 0.4) is 0 Å². The van der Waals surface area contributed by atoms with E-state index in [1.807, 2.05) is 35.5 Å². The van der Waals surface area contributed by atoms with E-state index in [1.54, 1.807) is 6.20 Å². The Morgan fingerprint density at radius 3 is 2.76 bits per heavy atom. The van der Waals surface area contributed by atoms with Crippen LogP contribution >= 0.6 is 11.6 Å². The maximum absolute atomic E-state index is 6.31. The molecule has 0 aliphatic heterocycles. The molecule has 0 fully saturated rings. The number of imidazole rings is 1. The maximum Gasteiger partial charge on any atom is 0.159 e. The lowest BCUT2D eigenvalue weighted by Crippen LogP contribution is -2.13. The van der Waals surface area contributed by atoms with Crippen molar-refractivity contribution in [3.05, 3.63) is 30.0 Å². The largest absolute Gasteiger partial charge is 0.310 e. The molecule has 7 heteroatoms. The molecule has 6 nitrogen and oxygen atoms in total. The highest BCUT2D eigenvalue weighted by Crippen LogP contribution is 2.26. The number of rotatable bonds is 5. The molecule has 0 aliphatic rings. The first-order valence-corrected chi connectivity index (χ1v) is 7.60. The number of aryl methyl sites for hydroxylation is 4. The fourth-order valence-electron chi connectivity index (χ4n) is 2.62. The van der Waals surface area contributed by atoms with Crippen LogP contribution in [0.2, 0.25) is 0 Å². The van der Waals surface area contributed by atoms with E-state index in [0.29, 0.717) is 0 Å². The van der Waals surface area contributed by atoms with Crippen LogP contribution in [0.25, 0.3) is 11.2 Å². The molecule has 1 atom stereocenters. The molecule has 3 aromatic heterocycles. The van der Waals surface area contributed by atoms with Gasteiger partial charge in [0.25, 0.3) is 0 Å². The summed E-state index contributed by atoms with van der Waals surface area (Å²) in [5.74, 6) is 0.890. The molecule has 3 aromatic rings. The summed E-state index contributed by atoms with van der Waals surface area (Å²) in [6.45, 7) is 8.39. The number of hydrogen-bond acceptors (Lipinski definition) is 3. The van der Waals surface area contributed by atoms with Crippen molar-refractivity contribution < 1.29 is 0 Å². The van der Waals surface area contributed by atoms with Gasteiger partial charge in [-0.05, 0) is 26.8 Å². The average molecular weight is 307 g/mol. The molecule has 112 valence electrons. The normalized spacial score (nSPS) is 13.1. The fraction of sp³-hybridized carbons (Fsp3) is 0.500. The molecular formula is C14H19ClN6. The summed E-state index contributed by atoms with van der Waals surface area (Å²) in [4.78, 5) is 4.70. The smallest absolute Gasteiger partial charge is 0.159 e. The molecule has 0 aliphatic carbocycles. The van der Waals surface area contributed by atoms with Gasteiger partial charge >= 0.3 is 0 Å². The van der Waals surface area contributed by atoms with Crippen LogP contribution in [0, 0.1) is 6.92 Å². The predicted molar refractivity (Wildman–Crippen MR) is 82.4 cm³/mol. The number of halogens is 1. The summed E-state index contributed by atoms with van der Waals surface area (Å²) < 4.78 is 6.07. The van der Waals surface area contributed by atoms with E-state index < -0.39 is 0 Å². The lowest BCUT2D eigenvalue weighted by atomic mass is 10.4. The molecule has 0 aromatic carbocycles. The molecule has 0 N–H and O–H groups in total. The standard InChI is InChI=1S/C14H19ClN6/c1-4-21-14-12(11(3)18-21)17-13(10(2)15)20(14)9-8-19-7-5-6-16-19/h5-7,10H,4,8-9H2,1-3H3. The van der Waals surface area contributed by atoms with Crippen molar-refractivity contribution in [1.29, 1.82) is 0 Å². The van der Waals surface area contributed by atoms with Crippen molar-refractivity contribution in [2.45, 2.75) is 45.8 Å². The zero-order valence-corrected chi connectivity index (χ0v) is 13.2. The van der Waals surface area contributed by atoms with E-state index in [2.05, 4.69) is 21.7 Å². The third-order valence-corrected chi connectivity index (χ3v) is 3.79. The summed E-state index contributed by atoms with van der Waals surface area (Å²) >= 11 is 6.31. The van der Waals surface area contributed by atoms with Crippen LogP contribution in [0.5, 0.6) is 0 Å². The minimum atomic E-state index is -0.139. The first kappa shape index (κ1) is 14.1. The van der Waals surface area contributed by atoms with Crippen molar-refractivity contribution in [1.82, 2.24) is 29.1 Å². The number of alkyl halides is 1. The molecule has 3 heterocycles. The first-order chi connectivity index (χ1) is 10.1. The lowest BCUT2D eigenvalue weighted by molar-refractivity contribution is 0.516. The van der Waals surface area contributed by atoms with E-state index in [1.165, 1.54) is 0 Å². The van der Waals surface area contributed by atoms with Crippen LogP contribution in [0.4, 0.5) is 0 Å². The summed E-state index contributed by atoms with van der Waals surface area (Å²) in [5, 5.41) is 8.65. The van der Waals surface area contributed by atoms with Gasteiger partial charge in [-0.3, -0.25) is 4.68 Å². The molecule has 0 bridgehead atoms. The van der Waals surface area contributed by atoms with Gasteiger partial charge in [0.15, 0.2) is 5.65 Å². The second kappa shape index (κ2) is 5.52. The highest BCUT2D eigenvalue weighted by atomic mass is 35.5. The van der Waals surface area contributed by atoms with Gasteiger partial charge in [0.05, 0.1) is 17.6 Å². The monoisotopic (exact) mass is 306 g/mol. The average Bonchev–Trinajstić information content (AvgIpc) is 3.13. The van der Waals surface area contributed by atoms with E-state index in [4.69, 9.17) is 16.6 Å². The van der Waals surface area contributed by atoms with E-state index in [-0.39, 0.29) is 5.38 Å². The number of hydrogen-bond donors (Lipinski definition) is 0. The van der Waals surface area contributed by atoms with Crippen molar-refractivity contribution >= 4 is 22.8 Å². The molecule has 0 saturated carbocycles. The van der Waals surface area contributed by atoms with E-state index >= 15 is 0 Å². The lowest BCUT2D eigenvalue weighted by Gasteiger charge is -2.11. The van der Waals surface area contributed by atoms with Crippen LogP contribution in [-0.2, 0) is 19.6 Å². The first-order valence-electron chi connectivity index (χ1n) is 7.16. The predicted octanol–water partition coefficient (Wildman–Crippen LogP) is 2.76. The Hall–Kier alpha value is -1.82. The van der Waals surface area contributed by atoms with Crippen LogP contribution < -0.4 is 0 Å². The number of aromatic nitrogens is 6. The van der Waals surface area contributed by atoms with Gasteiger partial charge in [-0.15, -0.1) is 11.6 Å². The van der Waals surface area contributed by atoms with E-state index in [9.17, 15) is 0 Å². The molecule has 3 rings (SSSR count). The summed E-state index contributed by atoms with van der Waals surface area (Å²) in [6, 6.07) is 1.93. The van der Waals surface area contributed by atoms with Crippen LogP contribution in [0.1, 0.15) is 30.7 Å². The fourth-order valence-corrected chi connectivity index (χ4v) is 2.79. The van der Waals surface area contributed by atoms with Gasteiger partial charge in [0, 0.05) is 25.5 Å². The van der Waals surface area contributed by atoms with Gasteiger partial charge < -0.3 is 4.57 Å².